The van der Waals surface area contributed by atoms with E-state index in [0.717, 1.165) is 20.8 Å². The molecule has 0 radical (unpaired) electrons. The standard InChI is InChI=1S/C12H8BrNO/c13-12-5-9(7-15)3-10-2-1-8(6-14)4-11(10)12/h1-5,15H,7H2. The maximum Gasteiger partial charge on any atom is 0.0991 e. The Morgan fingerprint density at radius 3 is 2.73 bits per heavy atom. The molecule has 0 aromatic heterocycles. The van der Waals surface area contributed by atoms with Crippen LogP contribution in [0.15, 0.2) is 34.8 Å². The van der Waals surface area contributed by atoms with Crippen molar-refractivity contribution in [2.45, 2.75) is 6.61 Å². The van der Waals surface area contributed by atoms with E-state index in [1.54, 1.807) is 6.07 Å². The molecule has 2 aromatic rings. The lowest BCUT2D eigenvalue weighted by molar-refractivity contribution is 0.282. The van der Waals surface area contributed by atoms with Crippen molar-refractivity contribution in [3.63, 3.8) is 0 Å². The van der Waals surface area contributed by atoms with Crippen molar-refractivity contribution in [2.75, 3.05) is 0 Å². The number of halogens is 1. The zero-order valence-corrected chi connectivity index (χ0v) is 9.45. The molecule has 2 aromatic carbocycles. The second-order valence-corrected chi connectivity index (χ2v) is 4.14. The molecule has 3 heteroatoms. The third-order valence-corrected chi connectivity index (χ3v) is 2.93. The Kier molecular flexibility index (Phi) is 2.72. The van der Waals surface area contributed by atoms with Crippen LogP contribution < -0.4 is 0 Å². The fourth-order valence-corrected chi connectivity index (χ4v) is 2.17. The molecular weight excluding hydrogens is 254 g/mol. The molecule has 0 saturated carbocycles. The fraction of sp³-hybridized carbons (Fsp3) is 0.0833. The predicted octanol–water partition coefficient (Wildman–Crippen LogP) is 2.97. The lowest BCUT2D eigenvalue weighted by Gasteiger charge is -2.04. The number of benzene rings is 2. The number of nitrogens with zero attached hydrogens (tertiary/aromatic N) is 1. The van der Waals surface area contributed by atoms with Crippen LogP contribution in [0.1, 0.15) is 11.1 Å². The van der Waals surface area contributed by atoms with Gasteiger partial charge in [0.15, 0.2) is 0 Å². The van der Waals surface area contributed by atoms with Gasteiger partial charge in [-0.15, -0.1) is 0 Å². The molecule has 0 heterocycles. The zero-order valence-electron chi connectivity index (χ0n) is 7.87. The molecule has 0 fully saturated rings. The molecular formula is C12H8BrNO. The molecule has 1 N–H and O–H groups in total. The van der Waals surface area contributed by atoms with Crippen LogP contribution in [-0.4, -0.2) is 5.11 Å². The van der Waals surface area contributed by atoms with Crippen molar-refractivity contribution < 1.29 is 5.11 Å². The molecule has 0 amide bonds. The summed E-state index contributed by atoms with van der Waals surface area (Å²) >= 11 is 3.43. The van der Waals surface area contributed by atoms with Crippen LogP contribution in [0.4, 0.5) is 0 Å². The maximum absolute atomic E-state index is 9.05. The van der Waals surface area contributed by atoms with E-state index in [9.17, 15) is 0 Å². The Bertz CT molecular complexity index is 557. The summed E-state index contributed by atoms with van der Waals surface area (Å²) in [6, 6.07) is 11.4. The zero-order chi connectivity index (χ0) is 10.8. The third-order valence-electron chi connectivity index (χ3n) is 2.28. The quantitative estimate of drug-likeness (QED) is 0.858. The van der Waals surface area contributed by atoms with Gasteiger partial charge < -0.3 is 5.11 Å². The first-order valence-electron chi connectivity index (χ1n) is 4.48. The number of fused-ring (bicyclic) bond motifs is 1. The van der Waals surface area contributed by atoms with Crippen molar-refractivity contribution in [2.24, 2.45) is 0 Å². The van der Waals surface area contributed by atoms with Gasteiger partial charge in [-0.3, -0.25) is 0 Å². The summed E-state index contributed by atoms with van der Waals surface area (Å²) in [5.41, 5.74) is 1.50. The Balaban J connectivity index is 2.75. The third kappa shape index (κ3) is 1.87. The highest BCUT2D eigenvalue weighted by Crippen LogP contribution is 2.26. The normalized spacial score (nSPS) is 10.2. The average Bonchev–Trinajstić information content (AvgIpc) is 2.28. The molecule has 0 saturated heterocycles. The van der Waals surface area contributed by atoms with Crippen LogP contribution in [0.3, 0.4) is 0 Å². The summed E-state index contributed by atoms with van der Waals surface area (Å²) in [6.07, 6.45) is 0. The fourth-order valence-electron chi connectivity index (χ4n) is 1.53. The van der Waals surface area contributed by atoms with Gasteiger partial charge in [0.1, 0.15) is 0 Å². The van der Waals surface area contributed by atoms with E-state index >= 15 is 0 Å². The van der Waals surface area contributed by atoms with Crippen LogP contribution in [0.2, 0.25) is 0 Å². The van der Waals surface area contributed by atoms with Crippen LogP contribution in [0.25, 0.3) is 10.8 Å². The van der Waals surface area contributed by atoms with Crippen LogP contribution in [-0.2, 0) is 6.61 Å². The van der Waals surface area contributed by atoms with Gasteiger partial charge in [0.25, 0.3) is 0 Å². The second kappa shape index (κ2) is 4.01. The average molecular weight is 262 g/mol. The highest BCUT2D eigenvalue weighted by atomic mass is 79.9. The first kappa shape index (κ1) is 10.2. The SMILES string of the molecule is N#Cc1ccc2cc(CO)cc(Br)c2c1. The topological polar surface area (TPSA) is 44.0 Å². The van der Waals surface area contributed by atoms with Crippen molar-refractivity contribution in [3.8, 4) is 6.07 Å². The summed E-state index contributed by atoms with van der Waals surface area (Å²) in [5.74, 6) is 0. The van der Waals surface area contributed by atoms with E-state index in [1.165, 1.54) is 0 Å². The first-order chi connectivity index (χ1) is 7.24. The predicted molar refractivity (Wildman–Crippen MR) is 62.3 cm³/mol. The van der Waals surface area contributed by atoms with Gasteiger partial charge in [0, 0.05) is 4.47 Å². The molecule has 0 spiro atoms. The summed E-state index contributed by atoms with van der Waals surface area (Å²) < 4.78 is 0.904. The van der Waals surface area contributed by atoms with Crippen molar-refractivity contribution in [3.05, 3.63) is 45.9 Å². The number of hydrogen-bond donors (Lipinski definition) is 1. The first-order valence-corrected chi connectivity index (χ1v) is 5.27. The van der Waals surface area contributed by atoms with Crippen LogP contribution in [0.5, 0.6) is 0 Å². The molecule has 74 valence electrons. The molecule has 2 nitrogen and oxygen atoms in total. The number of nitriles is 1. The van der Waals surface area contributed by atoms with Crippen molar-refractivity contribution >= 4 is 26.7 Å². The van der Waals surface area contributed by atoms with E-state index in [4.69, 9.17) is 10.4 Å². The highest BCUT2D eigenvalue weighted by molar-refractivity contribution is 9.10. The van der Waals surface area contributed by atoms with E-state index < -0.39 is 0 Å². The lowest BCUT2D eigenvalue weighted by atomic mass is 10.1. The van der Waals surface area contributed by atoms with Gasteiger partial charge in [0.2, 0.25) is 0 Å². The number of aliphatic hydroxyl groups is 1. The number of rotatable bonds is 1. The smallest absolute Gasteiger partial charge is 0.0991 e. The minimum atomic E-state index is 0.0224. The molecule has 0 unspecified atom stereocenters. The van der Waals surface area contributed by atoms with Crippen LogP contribution >= 0.6 is 15.9 Å². The summed E-state index contributed by atoms with van der Waals surface area (Å²) in [5, 5.41) is 19.8. The van der Waals surface area contributed by atoms with Gasteiger partial charge >= 0.3 is 0 Å². The van der Waals surface area contributed by atoms with E-state index in [-0.39, 0.29) is 6.61 Å². The van der Waals surface area contributed by atoms with Gasteiger partial charge in [-0.1, -0.05) is 22.0 Å². The molecule has 2 rings (SSSR count). The van der Waals surface area contributed by atoms with E-state index in [1.807, 2.05) is 24.3 Å². The summed E-state index contributed by atoms with van der Waals surface area (Å²) in [4.78, 5) is 0. The molecule has 0 bridgehead atoms. The van der Waals surface area contributed by atoms with E-state index in [2.05, 4.69) is 22.0 Å². The highest BCUT2D eigenvalue weighted by Gasteiger charge is 2.02. The largest absolute Gasteiger partial charge is 0.392 e. The van der Waals surface area contributed by atoms with E-state index in [0.29, 0.717) is 5.56 Å². The molecule has 15 heavy (non-hydrogen) atoms. The van der Waals surface area contributed by atoms with Gasteiger partial charge in [-0.05, 0) is 40.6 Å². The molecule has 0 atom stereocenters. The van der Waals surface area contributed by atoms with Crippen molar-refractivity contribution in [1.29, 1.82) is 5.26 Å². The van der Waals surface area contributed by atoms with Gasteiger partial charge in [0.05, 0.1) is 18.2 Å². The minimum Gasteiger partial charge on any atom is -0.392 e. The van der Waals surface area contributed by atoms with Crippen LogP contribution in [0, 0.1) is 11.3 Å². The Labute approximate surface area is 95.9 Å². The molecule has 0 aliphatic carbocycles. The summed E-state index contributed by atoms with van der Waals surface area (Å²) in [6.45, 7) is 0.0224. The minimum absolute atomic E-state index is 0.0224. The van der Waals surface area contributed by atoms with Crippen molar-refractivity contribution in [1.82, 2.24) is 0 Å². The monoisotopic (exact) mass is 261 g/mol. The van der Waals surface area contributed by atoms with Gasteiger partial charge in [-0.2, -0.15) is 5.26 Å². The maximum atomic E-state index is 9.05. The van der Waals surface area contributed by atoms with Gasteiger partial charge in [-0.25, -0.2) is 0 Å². The molecule has 0 aliphatic heterocycles. The second-order valence-electron chi connectivity index (χ2n) is 3.28. The summed E-state index contributed by atoms with van der Waals surface area (Å²) in [7, 11) is 0. The molecule has 0 aliphatic rings. The number of hydrogen-bond acceptors (Lipinski definition) is 2. The Hall–Kier alpha value is -1.37. The Morgan fingerprint density at radius 1 is 1.27 bits per heavy atom. The lowest BCUT2D eigenvalue weighted by Crippen LogP contribution is -1.85. The number of aliphatic hydroxyl groups excluding tert-OH is 1. The Morgan fingerprint density at radius 2 is 2.07 bits per heavy atom.